The molecule has 13 heavy (non-hydrogen) atoms. The molecule has 0 radical (unpaired) electrons. The SMILES string of the molecule is O=C=NC(Cl)C(Cl)c1ccccc1. The van der Waals surface area contributed by atoms with E-state index in [1.54, 1.807) is 0 Å². The lowest BCUT2D eigenvalue weighted by molar-refractivity contribution is 0.561. The van der Waals surface area contributed by atoms with Crippen LogP contribution >= 0.6 is 23.2 Å². The van der Waals surface area contributed by atoms with Crippen molar-refractivity contribution < 1.29 is 4.79 Å². The van der Waals surface area contributed by atoms with Crippen molar-refractivity contribution in [1.82, 2.24) is 0 Å². The Balaban J connectivity index is 2.79. The van der Waals surface area contributed by atoms with Crippen LogP contribution in [0.2, 0.25) is 0 Å². The molecular weight excluding hydrogens is 209 g/mol. The number of alkyl halides is 2. The van der Waals surface area contributed by atoms with Crippen molar-refractivity contribution in [3.05, 3.63) is 35.9 Å². The summed E-state index contributed by atoms with van der Waals surface area (Å²) in [5, 5.41) is -0.496. The van der Waals surface area contributed by atoms with Crippen LogP contribution < -0.4 is 0 Å². The fraction of sp³-hybridized carbons (Fsp3) is 0.222. The molecule has 0 heterocycles. The van der Waals surface area contributed by atoms with Gasteiger partial charge in [-0.05, 0) is 5.56 Å². The normalized spacial score (nSPS) is 14.3. The lowest BCUT2D eigenvalue weighted by Gasteiger charge is -2.10. The monoisotopic (exact) mass is 215 g/mol. The van der Waals surface area contributed by atoms with Crippen LogP contribution in [-0.2, 0) is 4.79 Å². The van der Waals surface area contributed by atoms with Crippen molar-refractivity contribution in [2.24, 2.45) is 4.99 Å². The number of halogens is 2. The Morgan fingerprint density at radius 1 is 1.23 bits per heavy atom. The van der Waals surface area contributed by atoms with Crippen LogP contribution in [0.3, 0.4) is 0 Å². The summed E-state index contributed by atoms with van der Waals surface area (Å²) in [7, 11) is 0. The minimum Gasteiger partial charge on any atom is -0.211 e. The molecule has 2 unspecified atom stereocenters. The third kappa shape index (κ3) is 2.85. The predicted molar refractivity (Wildman–Crippen MR) is 52.8 cm³/mol. The van der Waals surface area contributed by atoms with Gasteiger partial charge in [0.25, 0.3) is 0 Å². The highest BCUT2D eigenvalue weighted by Crippen LogP contribution is 2.28. The van der Waals surface area contributed by atoms with Gasteiger partial charge in [0.2, 0.25) is 6.08 Å². The van der Waals surface area contributed by atoms with Gasteiger partial charge in [-0.3, -0.25) is 0 Å². The van der Waals surface area contributed by atoms with Crippen LogP contribution in [0.4, 0.5) is 0 Å². The van der Waals surface area contributed by atoms with Gasteiger partial charge in [-0.25, -0.2) is 4.79 Å². The molecule has 0 aliphatic rings. The summed E-state index contributed by atoms with van der Waals surface area (Å²) >= 11 is 11.6. The van der Waals surface area contributed by atoms with Crippen molar-refractivity contribution in [3.8, 4) is 0 Å². The summed E-state index contributed by atoms with van der Waals surface area (Å²) in [6.07, 6.45) is 1.38. The number of isocyanates is 1. The second-order valence-corrected chi connectivity index (χ2v) is 3.32. The van der Waals surface area contributed by atoms with E-state index < -0.39 is 10.9 Å². The molecule has 0 saturated carbocycles. The number of rotatable bonds is 3. The van der Waals surface area contributed by atoms with E-state index in [0.717, 1.165) is 5.56 Å². The first-order chi connectivity index (χ1) is 6.25. The molecule has 1 rings (SSSR count). The average molecular weight is 216 g/mol. The largest absolute Gasteiger partial charge is 0.236 e. The minimum absolute atomic E-state index is 0.496. The minimum atomic E-state index is -0.762. The number of hydrogen-bond acceptors (Lipinski definition) is 2. The van der Waals surface area contributed by atoms with Crippen molar-refractivity contribution in [3.63, 3.8) is 0 Å². The molecule has 0 amide bonds. The van der Waals surface area contributed by atoms with E-state index in [4.69, 9.17) is 23.2 Å². The van der Waals surface area contributed by atoms with Crippen LogP contribution in [0.15, 0.2) is 35.3 Å². The Morgan fingerprint density at radius 2 is 1.85 bits per heavy atom. The fourth-order valence-electron chi connectivity index (χ4n) is 0.911. The number of benzene rings is 1. The van der Waals surface area contributed by atoms with Crippen LogP contribution in [0.1, 0.15) is 10.9 Å². The molecule has 1 aromatic carbocycles. The molecule has 68 valence electrons. The first-order valence-corrected chi connectivity index (χ1v) is 4.53. The van der Waals surface area contributed by atoms with Gasteiger partial charge in [0.05, 0.1) is 5.38 Å². The Kier molecular flexibility index (Phi) is 3.97. The van der Waals surface area contributed by atoms with E-state index in [2.05, 4.69) is 4.99 Å². The second kappa shape index (κ2) is 5.03. The van der Waals surface area contributed by atoms with Gasteiger partial charge < -0.3 is 0 Å². The molecule has 2 nitrogen and oxygen atoms in total. The molecule has 0 fully saturated rings. The van der Waals surface area contributed by atoms with Crippen molar-refractivity contribution >= 4 is 29.3 Å². The van der Waals surface area contributed by atoms with Crippen LogP contribution in [0, 0.1) is 0 Å². The zero-order valence-electron chi connectivity index (χ0n) is 6.65. The van der Waals surface area contributed by atoms with Gasteiger partial charge in [0.1, 0.15) is 0 Å². The van der Waals surface area contributed by atoms with E-state index in [1.165, 1.54) is 6.08 Å². The van der Waals surface area contributed by atoms with Gasteiger partial charge in [-0.2, -0.15) is 4.99 Å². The van der Waals surface area contributed by atoms with E-state index in [0.29, 0.717) is 0 Å². The molecule has 0 spiro atoms. The van der Waals surface area contributed by atoms with Crippen molar-refractivity contribution in [2.75, 3.05) is 0 Å². The first-order valence-electron chi connectivity index (χ1n) is 3.66. The fourth-order valence-corrected chi connectivity index (χ4v) is 1.30. The van der Waals surface area contributed by atoms with E-state index >= 15 is 0 Å². The molecule has 2 atom stereocenters. The third-order valence-electron chi connectivity index (χ3n) is 1.54. The van der Waals surface area contributed by atoms with E-state index in [-0.39, 0.29) is 0 Å². The molecule has 0 aromatic heterocycles. The highest BCUT2D eigenvalue weighted by molar-refractivity contribution is 6.30. The predicted octanol–water partition coefficient (Wildman–Crippen LogP) is 2.87. The highest BCUT2D eigenvalue weighted by Gasteiger charge is 2.16. The topological polar surface area (TPSA) is 29.4 Å². The Labute approximate surface area is 86.2 Å². The highest BCUT2D eigenvalue weighted by atomic mass is 35.5. The number of carbonyl (C=O) groups excluding carboxylic acids is 1. The lowest BCUT2D eigenvalue weighted by atomic mass is 10.1. The van der Waals surface area contributed by atoms with Crippen molar-refractivity contribution in [2.45, 2.75) is 10.9 Å². The standard InChI is InChI=1S/C9H7Cl2NO/c10-8(9(11)12-6-13)7-4-2-1-3-5-7/h1-5,8-9H. The number of nitrogens with zero attached hydrogens (tertiary/aromatic N) is 1. The zero-order chi connectivity index (χ0) is 9.68. The molecule has 0 N–H and O–H groups in total. The molecule has 0 bridgehead atoms. The Morgan fingerprint density at radius 3 is 2.38 bits per heavy atom. The van der Waals surface area contributed by atoms with Crippen LogP contribution in [0.25, 0.3) is 0 Å². The smallest absolute Gasteiger partial charge is 0.211 e. The van der Waals surface area contributed by atoms with Crippen LogP contribution in [0.5, 0.6) is 0 Å². The molecule has 0 aliphatic carbocycles. The summed E-state index contributed by atoms with van der Waals surface area (Å²) in [5.41, 5.74) is 0.0738. The summed E-state index contributed by atoms with van der Waals surface area (Å²) in [4.78, 5) is 13.2. The summed E-state index contributed by atoms with van der Waals surface area (Å²) in [6.45, 7) is 0. The Hall–Kier alpha value is -0.820. The van der Waals surface area contributed by atoms with Gasteiger partial charge in [-0.15, -0.1) is 11.6 Å². The quantitative estimate of drug-likeness (QED) is 0.330. The molecule has 0 saturated heterocycles. The van der Waals surface area contributed by atoms with E-state index in [1.807, 2.05) is 30.3 Å². The Bertz CT molecular complexity index is 309. The van der Waals surface area contributed by atoms with Crippen molar-refractivity contribution in [1.29, 1.82) is 0 Å². The number of aliphatic imine (C=N–C) groups is 1. The maximum absolute atomic E-state index is 9.92. The first kappa shape index (κ1) is 10.3. The lowest BCUT2D eigenvalue weighted by Crippen LogP contribution is -2.03. The second-order valence-electron chi connectivity index (χ2n) is 2.41. The molecular formula is C9H7Cl2NO. The maximum atomic E-state index is 9.92. The molecule has 4 heteroatoms. The summed E-state index contributed by atoms with van der Waals surface area (Å²) in [6, 6.07) is 9.22. The van der Waals surface area contributed by atoms with Gasteiger partial charge >= 0.3 is 0 Å². The maximum Gasteiger partial charge on any atom is 0.236 e. The summed E-state index contributed by atoms with van der Waals surface area (Å²) < 4.78 is 0. The van der Waals surface area contributed by atoms with Gasteiger partial charge in [-0.1, -0.05) is 41.9 Å². The number of hydrogen-bond donors (Lipinski definition) is 0. The summed E-state index contributed by atoms with van der Waals surface area (Å²) in [5.74, 6) is 0. The third-order valence-corrected chi connectivity index (χ3v) is 2.50. The van der Waals surface area contributed by atoms with Gasteiger partial charge in [0.15, 0.2) is 5.50 Å². The van der Waals surface area contributed by atoms with Gasteiger partial charge in [0, 0.05) is 0 Å². The van der Waals surface area contributed by atoms with E-state index in [9.17, 15) is 4.79 Å². The molecule has 1 aromatic rings. The van der Waals surface area contributed by atoms with Crippen LogP contribution in [-0.4, -0.2) is 11.6 Å². The zero-order valence-corrected chi connectivity index (χ0v) is 8.16. The molecule has 0 aliphatic heterocycles. The average Bonchev–Trinajstić information content (AvgIpc) is 2.18.